The minimum absolute atomic E-state index is 0.775. The molecule has 4 rings (SSSR count). The second-order valence-electron chi connectivity index (χ2n) is 6.60. The van der Waals surface area contributed by atoms with Crippen LogP contribution in [0.4, 0.5) is 0 Å². The van der Waals surface area contributed by atoms with Gasteiger partial charge in [-0.2, -0.15) is 0 Å². The largest absolute Gasteiger partial charge is 0.375 e. The predicted octanol–water partition coefficient (Wildman–Crippen LogP) is 1.04. The fraction of sp³-hybridized carbons (Fsp3) is 0.812. The SMILES string of the molecule is CCN1CCN(C2CN(Cc3nc4c(s3)COCC4)C2)CC1. The number of likely N-dealkylation sites (tertiary alicyclic amines) is 1. The zero-order chi connectivity index (χ0) is 14.9. The molecule has 0 aromatic carbocycles. The first-order valence-corrected chi connectivity index (χ1v) is 9.37. The fourth-order valence-corrected chi connectivity index (χ4v) is 4.78. The summed E-state index contributed by atoms with van der Waals surface area (Å²) in [6.07, 6.45) is 0.996. The van der Waals surface area contributed by atoms with Crippen molar-refractivity contribution in [2.24, 2.45) is 0 Å². The third-order valence-electron chi connectivity index (χ3n) is 5.21. The molecule has 122 valence electrons. The van der Waals surface area contributed by atoms with Crippen LogP contribution in [0, 0.1) is 0 Å². The lowest BCUT2D eigenvalue weighted by Crippen LogP contribution is -2.62. The molecule has 0 atom stereocenters. The number of likely N-dealkylation sites (N-methyl/N-ethyl adjacent to an activating group) is 1. The van der Waals surface area contributed by atoms with E-state index in [1.54, 1.807) is 0 Å². The Balaban J connectivity index is 1.25. The molecule has 1 aromatic heterocycles. The van der Waals surface area contributed by atoms with Crippen LogP contribution in [-0.2, 0) is 24.3 Å². The van der Waals surface area contributed by atoms with Crippen LogP contribution in [0.5, 0.6) is 0 Å². The maximum atomic E-state index is 5.52. The molecule has 5 nitrogen and oxygen atoms in total. The van der Waals surface area contributed by atoms with E-state index >= 15 is 0 Å². The molecule has 0 saturated carbocycles. The minimum Gasteiger partial charge on any atom is -0.375 e. The summed E-state index contributed by atoms with van der Waals surface area (Å²) in [7, 11) is 0. The van der Waals surface area contributed by atoms with Crippen molar-refractivity contribution in [3.05, 3.63) is 15.6 Å². The van der Waals surface area contributed by atoms with Crippen molar-refractivity contribution in [2.75, 3.05) is 52.4 Å². The molecular weight excluding hydrogens is 296 g/mol. The van der Waals surface area contributed by atoms with E-state index < -0.39 is 0 Å². The second-order valence-corrected chi connectivity index (χ2v) is 7.77. The zero-order valence-electron chi connectivity index (χ0n) is 13.5. The Morgan fingerprint density at radius 3 is 2.73 bits per heavy atom. The Morgan fingerprint density at radius 1 is 1.18 bits per heavy atom. The fourth-order valence-electron chi connectivity index (χ4n) is 3.68. The molecule has 0 radical (unpaired) electrons. The Morgan fingerprint density at radius 2 is 2.00 bits per heavy atom. The van der Waals surface area contributed by atoms with Gasteiger partial charge < -0.3 is 9.64 Å². The van der Waals surface area contributed by atoms with Gasteiger partial charge in [-0.25, -0.2) is 4.98 Å². The summed E-state index contributed by atoms with van der Waals surface area (Å²) in [5, 5.41) is 1.28. The number of rotatable bonds is 4. The minimum atomic E-state index is 0.775. The van der Waals surface area contributed by atoms with Gasteiger partial charge in [0, 0.05) is 51.7 Å². The van der Waals surface area contributed by atoms with Crippen LogP contribution in [0.25, 0.3) is 0 Å². The number of piperazine rings is 1. The highest BCUT2D eigenvalue weighted by Gasteiger charge is 2.33. The molecule has 0 unspecified atom stereocenters. The first-order valence-electron chi connectivity index (χ1n) is 8.56. The summed E-state index contributed by atoms with van der Waals surface area (Å²) in [6, 6.07) is 0.775. The summed E-state index contributed by atoms with van der Waals surface area (Å²) in [5.41, 5.74) is 1.29. The van der Waals surface area contributed by atoms with Gasteiger partial charge in [0.1, 0.15) is 5.01 Å². The standard InChI is InChI=1S/C16H26N4OS/c1-2-18-4-6-20(7-5-18)13-9-19(10-13)11-16-17-14-3-8-21-12-15(14)22-16/h13H,2-12H2,1H3. The topological polar surface area (TPSA) is 31.8 Å². The molecule has 6 heteroatoms. The van der Waals surface area contributed by atoms with Crippen molar-refractivity contribution < 1.29 is 4.74 Å². The monoisotopic (exact) mass is 322 g/mol. The second kappa shape index (κ2) is 6.53. The Labute approximate surface area is 136 Å². The zero-order valence-corrected chi connectivity index (χ0v) is 14.3. The summed E-state index contributed by atoms with van der Waals surface area (Å²) in [6.45, 7) is 13.5. The highest BCUT2D eigenvalue weighted by molar-refractivity contribution is 7.11. The van der Waals surface area contributed by atoms with E-state index in [1.807, 2.05) is 11.3 Å². The first kappa shape index (κ1) is 15.0. The summed E-state index contributed by atoms with van der Waals surface area (Å²) in [5.74, 6) is 0. The molecule has 1 aromatic rings. The Hall–Kier alpha value is -0.530. The molecule has 0 bridgehead atoms. The van der Waals surface area contributed by atoms with Crippen molar-refractivity contribution >= 4 is 11.3 Å². The Kier molecular flexibility index (Phi) is 4.46. The van der Waals surface area contributed by atoms with Crippen molar-refractivity contribution in [3.63, 3.8) is 0 Å². The van der Waals surface area contributed by atoms with Crippen LogP contribution < -0.4 is 0 Å². The van der Waals surface area contributed by atoms with Crippen LogP contribution in [-0.4, -0.2) is 78.1 Å². The quantitative estimate of drug-likeness (QED) is 0.827. The normalized spacial score (nSPS) is 25.1. The van der Waals surface area contributed by atoms with Gasteiger partial charge in [0.15, 0.2) is 0 Å². The van der Waals surface area contributed by atoms with E-state index in [2.05, 4.69) is 21.6 Å². The molecular formula is C16H26N4OS. The Bertz CT molecular complexity index is 483. The van der Waals surface area contributed by atoms with Gasteiger partial charge >= 0.3 is 0 Å². The van der Waals surface area contributed by atoms with Gasteiger partial charge in [-0.05, 0) is 6.54 Å². The first-order chi connectivity index (χ1) is 10.8. The van der Waals surface area contributed by atoms with Crippen LogP contribution in [0.2, 0.25) is 0 Å². The lowest BCUT2D eigenvalue weighted by Gasteiger charge is -2.48. The number of aromatic nitrogens is 1. The van der Waals surface area contributed by atoms with Crippen molar-refractivity contribution in [3.8, 4) is 0 Å². The van der Waals surface area contributed by atoms with Crippen LogP contribution in [0.15, 0.2) is 0 Å². The van der Waals surface area contributed by atoms with E-state index in [0.717, 1.165) is 32.2 Å². The molecule has 0 amide bonds. The number of hydrogen-bond donors (Lipinski definition) is 0. The van der Waals surface area contributed by atoms with Crippen LogP contribution in [0.1, 0.15) is 22.5 Å². The van der Waals surface area contributed by atoms with E-state index in [-0.39, 0.29) is 0 Å². The van der Waals surface area contributed by atoms with E-state index in [4.69, 9.17) is 9.72 Å². The summed E-state index contributed by atoms with van der Waals surface area (Å²) < 4.78 is 5.52. The maximum absolute atomic E-state index is 5.52. The number of nitrogens with zero attached hydrogens (tertiary/aromatic N) is 4. The summed E-state index contributed by atoms with van der Waals surface area (Å²) in [4.78, 5) is 13.9. The maximum Gasteiger partial charge on any atom is 0.107 e. The molecule has 4 heterocycles. The highest BCUT2D eigenvalue weighted by Crippen LogP contribution is 2.26. The van der Waals surface area contributed by atoms with Gasteiger partial charge in [-0.15, -0.1) is 11.3 Å². The molecule has 3 aliphatic heterocycles. The smallest absolute Gasteiger partial charge is 0.107 e. The van der Waals surface area contributed by atoms with E-state index in [0.29, 0.717) is 0 Å². The third kappa shape index (κ3) is 3.08. The molecule has 0 aliphatic carbocycles. The van der Waals surface area contributed by atoms with Gasteiger partial charge in [0.25, 0.3) is 0 Å². The van der Waals surface area contributed by atoms with Crippen molar-refractivity contribution in [1.29, 1.82) is 0 Å². The lowest BCUT2D eigenvalue weighted by molar-refractivity contribution is 0.00208. The average molecular weight is 322 g/mol. The number of fused-ring (bicyclic) bond motifs is 1. The number of ether oxygens (including phenoxy) is 1. The van der Waals surface area contributed by atoms with Gasteiger partial charge in [0.2, 0.25) is 0 Å². The van der Waals surface area contributed by atoms with E-state index in [9.17, 15) is 0 Å². The third-order valence-corrected chi connectivity index (χ3v) is 6.26. The number of hydrogen-bond acceptors (Lipinski definition) is 6. The van der Waals surface area contributed by atoms with Crippen molar-refractivity contribution in [1.82, 2.24) is 19.7 Å². The van der Waals surface area contributed by atoms with Crippen molar-refractivity contribution in [2.45, 2.75) is 32.5 Å². The summed E-state index contributed by atoms with van der Waals surface area (Å²) >= 11 is 1.85. The van der Waals surface area contributed by atoms with E-state index in [1.165, 1.54) is 61.4 Å². The van der Waals surface area contributed by atoms with Crippen LogP contribution in [0.3, 0.4) is 0 Å². The lowest BCUT2D eigenvalue weighted by atomic mass is 10.1. The predicted molar refractivity (Wildman–Crippen MR) is 88.2 cm³/mol. The average Bonchev–Trinajstić information content (AvgIpc) is 2.93. The van der Waals surface area contributed by atoms with Crippen LogP contribution >= 0.6 is 11.3 Å². The van der Waals surface area contributed by atoms with Gasteiger partial charge in [-0.3, -0.25) is 9.80 Å². The molecule has 2 fully saturated rings. The highest BCUT2D eigenvalue weighted by atomic mass is 32.1. The van der Waals surface area contributed by atoms with Gasteiger partial charge in [-0.1, -0.05) is 6.92 Å². The molecule has 22 heavy (non-hydrogen) atoms. The van der Waals surface area contributed by atoms with Gasteiger partial charge in [0.05, 0.1) is 30.3 Å². The molecule has 0 N–H and O–H groups in total. The molecule has 2 saturated heterocycles. The molecule has 0 spiro atoms. The number of thiazole rings is 1. The molecule has 3 aliphatic rings.